The SMILES string of the molecule is C=N/C(C)=C(\SC)c1ccc(CNC(=O)C2CCCN2C)cc1.CN[C@H](C=O)C(C)C.CO. The van der Waals surface area contributed by atoms with Gasteiger partial charge in [-0.25, -0.2) is 0 Å². The van der Waals surface area contributed by atoms with Crippen molar-refractivity contribution < 1.29 is 14.7 Å². The minimum atomic E-state index is 0.0231. The van der Waals surface area contributed by atoms with Crippen LogP contribution < -0.4 is 10.6 Å². The average molecular weight is 479 g/mol. The second kappa shape index (κ2) is 17.5. The van der Waals surface area contributed by atoms with Crippen molar-refractivity contribution in [1.82, 2.24) is 15.5 Å². The predicted octanol–water partition coefficient (Wildman–Crippen LogP) is 3.19. The van der Waals surface area contributed by atoms with Crippen LogP contribution in [0.5, 0.6) is 0 Å². The van der Waals surface area contributed by atoms with Gasteiger partial charge >= 0.3 is 0 Å². The van der Waals surface area contributed by atoms with Crippen LogP contribution >= 0.6 is 11.8 Å². The lowest BCUT2D eigenvalue weighted by molar-refractivity contribution is -0.125. The van der Waals surface area contributed by atoms with Gasteiger partial charge in [0.05, 0.1) is 17.8 Å². The van der Waals surface area contributed by atoms with Crippen molar-refractivity contribution in [3.8, 4) is 0 Å². The van der Waals surface area contributed by atoms with Crippen LogP contribution in [-0.2, 0) is 16.1 Å². The molecule has 186 valence electrons. The second-order valence-corrected chi connectivity index (χ2v) is 8.84. The molecule has 1 saturated heterocycles. The fourth-order valence-electron chi connectivity index (χ4n) is 3.43. The largest absolute Gasteiger partial charge is 0.400 e. The van der Waals surface area contributed by atoms with Crippen molar-refractivity contribution >= 4 is 35.6 Å². The molecule has 1 aliphatic rings. The molecular weight excluding hydrogens is 436 g/mol. The minimum absolute atomic E-state index is 0.0231. The molecule has 0 spiro atoms. The first kappa shape index (κ1) is 31.0. The minimum Gasteiger partial charge on any atom is -0.400 e. The number of carbonyl (C=O) groups is 2. The van der Waals surface area contributed by atoms with Crippen molar-refractivity contribution in [1.29, 1.82) is 0 Å². The van der Waals surface area contributed by atoms with Crippen LogP contribution in [-0.4, -0.2) is 75.0 Å². The van der Waals surface area contributed by atoms with E-state index in [1.54, 1.807) is 18.8 Å². The third-order valence-electron chi connectivity index (χ3n) is 5.47. The molecule has 0 radical (unpaired) electrons. The number of aldehydes is 1. The number of nitrogens with zero attached hydrogens (tertiary/aromatic N) is 2. The first-order chi connectivity index (χ1) is 15.8. The highest BCUT2D eigenvalue weighted by atomic mass is 32.2. The monoisotopic (exact) mass is 478 g/mol. The summed E-state index contributed by atoms with van der Waals surface area (Å²) in [5.74, 6) is 0.531. The Balaban J connectivity index is 0.000000868. The van der Waals surface area contributed by atoms with E-state index in [0.717, 1.165) is 54.5 Å². The lowest BCUT2D eigenvalue weighted by Gasteiger charge is -2.18. The maximum Gasteiger partial charge on any atom is 0.237 e. The van der Waals surface area contributed by atoms with Gasteiger partial charge in [-0.1, -0.05) is 38.1 Å². The van der Waals surface area contributed by atoms with E-state index < -0.39 is 0 Å². The molecule has 0 aromatic heterocycles. The van der Waals surface area contributed by atoms with Gasteiger partial charge in [-0.3, -0.25) is 14.7 Å². The van der Waals surface area contributed by atoms with E-state index in [0.29, 0.717) is 12.5 Å². The molecule has 1 unspecified atom stereocenters. The average Bonchev–Trinajstić information content (AvgIpc) is 3.27. The Hall–Kier alpha value is -2.00. The number of hydrogen-bond donors (Lipinski definition) is 3. The van der Waals surface area contributed by atoms with Crippen molar-refractivity contribution in [2.45, 2.75) is 52.2 Å². The Kier molecular flexibility index (Phi) is 16.4. The van der Waals surface area contributed by atoms with Crippen LogP contribution in [0, 0.1) is 5.92 Å². The van der Waals surface area contributed by atoms with Gasteiger partial charge in [0.1, 0.15) is 6.29 Å². The number of carbonyl (C=O) groups excluding carboxylic acids is 2. The van der Waals surface area contributed by atoms with Crippen LogP contribution in [0.25, 0.3) is 4.91 Å². The quantitative estimate of drug-likeness (QED) is 0.373. The van der Waals surface area contributed by atoms with Crippen LogP contribution in [0.2, 0.25) is 0 Å². The zero-order chi connectivity index (χ0) is 25.4. The van der Waals surface area contributed by atoms with Gasteiger partial charge in [0.25, 0.3) is 0 Å². The molecule has 7 nitrogen and oxygen atoms in total. The summed E-state index contributed by atoms with van der Waals surface area (Å²) < 4.78 is 0. The molecule has 0 saturated carbocycles. The smallest absolute Gasteiger partial charge is 0.237 e. The van der Waals surface area contributed by atoms with Gasteiger partial charge in [-0.05, 0) is 70.4 Å². The summed E-state index contributed by atoms with van der Waals surface area (Å²) in [5.41, 5.74) is 3.17. The number of hydrogen-bond acceptors (Lipinski definition) is 7. The van der Waals surface area contributed by atoms with E-state index in [2.05, 4.69) is 51.5 Å². The summed E-state index contributed by atoms with van der Waals surface area (Å²) >= 11 is 1.67. The van der Waals surface area contributed by atoms with E-state index in [9.17, 15) is 9.59 Å². The molecule has 2 rings (SSSR count). The summed E-state index contributed by atoms with van der Waals surface area (Å²) in [6, 6.07) is 8.31. The van der Waals surface area contributed by atoms with Crippen molar-refractivity contribution in [3.05, 3.63) is 41.1 Å². The third-order valence-corrected chi connectivity index (χ3v) is 6.41. The van der Waals surface area contributed by atoms with Crippen molar-refractivity contribution in [3.63, 3.8) is 0 Å². The van der Waals surface area contributed by atoms with Gasteiger partial charge in [0.2, 0.25) is 5.91 Å². The first-order valence-corrected chi connectivity index (χ1v) is 12.4. The molecule has 1 aromatic rings. The number of allylic oxidation sites excluding steroid dienone is 1. The van der Waals surface area contributed by atoms with E-state index >= 15 is 0 Å². The third kappa shape index (κ3) is 10.6. The van der Waals surface area contributed by atoms with E-state index in [4.69, 9.17) is 5.11 Å². The van der Waals surface area contributed by atoms with Crippen LogP contribution in [0.3, 0.4) is 0 Å². The summed E-state index contributed by atoms with van der Waals surface area (Å²) in [4.78, 5) is 29.6. The van der Waals surface area contributed by atoms with E-state index in [1.165, 1.54) is 0 Å². The summed E-state index contributed by atoms with van der Waals surface area (Å²) in [5, 5.41) is 12.9. The standard InChI is InChI=1S/C18H25N3OS.C6H13NO.CH4O/c1-13(19-2)17(23-4)15-9-7-14(8-10-15)12-20-18(22)16-6-5-11-21(16)3;1-5(2)6(4-8)7-3;1-2/h7-10,16H,2,5-6,11-12H2,1,3-4H3,(H,20,22);4-7H,1-3H3;2H,1H3/b17-13-;;/t;6-;/m.1./s1. The summed E-state index contributed by atoms with van der Waals surface area (Å²) in [6.07, 6.45) is 5.03. The molecule has 2 atom stereocenters. The number of nitrogens with one attached hydrogen (secondary N) is 2. The molecule has 1 aromatic carbocycles. The number of likely N-dealkylation sites (tertiary alicyclic amines) is 1. The topological polar surface area (TPSA) is 94.0 Å². The van der Waals surface area contributed by atoms with E-state index in [1.807, 2.05) is 34.1 Å². The molecule has 3 N–H and O–H groups in total. The van der Waals surface area contributed by atoms with Crippen molar-refractivity contribution in [2.75, 3.05) is 34.0 Å². The number of aliphatic hydroxyl groups is 1. The van der Waals surface area contributed by atoms with Crippen LogP contribution in [0.15, 0.2) is 35.0 Å². The zero-order valence-electron chi connectivity index (χ0n) is 21.2. The number of benzene rings is 1. The van der Waals surface area contributed by atoms with Gasteiger partial charge in [0.15, 0.2) is 0 Å². The fourth-order valence-corrected chi connectivity index (χ4v) is 4.16. The molecule has 1 amide bonds. The first-order valence-electron chi connectivity index (χ1n) is 11.1. The molecule has 1 aliphatic heterocycles. The Morgan fingerprint density at radius 2 is 1.94 bits per heavy atom. The number of thioether (sulfide) groups is 1. The highest BCUT2D eigenvalue weighted by Gasteiger charge is 2.27. The maximum absolute atomic E-state index is 12.2. The summed E-state index contributed by atoms with van der Waals surface area (Å²) in [6.45, 7) is 11.2. The number of aliphatic hydroxyl groups excluding tert-OH is 1. The Morgan fingerprint density at radius 1 is 1.33 bits per heavy atom. The zero-order valence-corrected chi connectivity index (χ0v) is 22.0. The number of aliphatic imine (C=N–C) groups is 1. The number of likely N-dealkylation sites (N-methyl/N-ethyl adjacent to an activating group) is 2. The second-order valence-electron chi connectivity index (χ2n) is 8.02. The fraction of sp³-hybridized carbons (Fsp3) is 0.560. The molecule has 8 heteroatoms. The van der Waals surface area contributed by atoms with Gasteiger partial charge in [0, 0.05) is 18.6 Å². The van der Waals surface area contributed by atoms with Gasteiger partial charge in [-0.2, -0.15) is 0 Å². The summed E-state index contributed by atoms with van der Waals surface area (Å²) in [7, 11) is 4.80. The van der Waals surface area contributed by atoms with Crippen LogP contribution in [0.1, 0.15) is 44.7 Å². The lowest BCUT2D eigenvalue weighted by Crippen LogP contribution is -2.41. The highest BCUT2D eigenvalue weighted by Crippen LogP contribution is 2.29. The molecule has 0 aliphatic carbocycles. The Labute approximate surface area is 204 Å². The van der Waals surface area contributed by atoms with E-state index in [-0.39, 0.29) is 18.0 Å². The highest BCUT2D eigenvalue weighted by molar-refractivity contribution is 8.07. The van der Waals surface area contributed by atoms with Gasteiger partial charge < -0.3 is 20.5 Å². The Bertz CT molecular complexity index is 751. The molecular formula is C25H42N4O3S. The van der Waals surface area contributed by atoms with Gasteiger partial charge in [-0.15, -0.1) is 11.8 Å². The lowest BCUT2D eigenvalue weighted by atomic mass is 10.1. The van der Waals surface area contributed by atoms with Crippen molar-refractivity contribution in [2.24, 2.45) is 10.9 Å². The van der Waals surface area contributed by atoms with Crippen LogP contribution in [0.4, 0.5) is 0 Å². The molecule has 33 heavy (non-hydrogen) atoms. The normalized spacial score (nSPS) is 17.1. The molecule has 1 heterocycles. The molecule has 1 fully saturated rings. The number of rotatable bonds is 9. The molecule has 0 bridgehead atoms. The number of amides is 1. The predicted molar refractivity (Wildman–Crippen MR) is 141 cm³/mol. The Morgan fingerprint density at radius 3 is 2.30 bits per heavy atom. The maximum atomic E-state index is 12.2.